The van der Waals surface area contributed by atoms with Crippen molar-refractivity contribution in [1.82, 2.24) is 15.0 Å². The molecule has 0 spiro atoms. The number of rotatable bonds is 2. The fraction of sp³-hybridized carbons (Fsp3) is 0.188. The predicted octanol–water partition coefficient (Wildman–Crippen LogP) is 2.00. The third-order valence-corrected chi connectivity index (χ3v) is 4.97. The summed E-state index contributed by atoms with van der Waals surface area (Å²) >= 11 is 0. The van der Waals surface area contributed by atoms with Crippen LogP contribution in [0.25, 0.3) is 17.0 Å². The van der Waals surface area contributed by atoms with Gasteiger partial charge in [-0.3, -0.25) is 0 Å². The van der Waals surface area contributed by atoms with Gasteiger partial charge in [-0.2, -0.15) is 4.98 Å². The first-order chi connectivity index (χ1) is 11.5. The van der Waals surface area contributed by atoms with Crippen molar-refractivity contribution >= 4 is 21.4 Å². The van der Waals surface area contributed by atoms with Gasteiger partial charge in [0.15, 0.2) is 5.84 Å². The molecule has 1 aromatic heterocycles. The van der Waals surface area contributed by atoms with Crippen molar-refractivity contribution in [2.75, 3.05) is 12.3 Å². The molecule has 0 saturated heterocycles. The Bertz CT molecular complexity index is 985. The molecule has 0 bridgehead atoms. The summed E-state index contributed by atoms with van der Waals surface area (Å²) in [5, 5.41) is 3.99. The van der Waals surface area contributed by atoms with E-state index in [-0.39, 0.29) is 11.6 Å². The normalized spacial score (nSPS) is 18.8. The number of nitrogens with zero attached hydrogens (tertiary/aromatic N) is 4. The Hall–Kier alpha value is -2.74. The first kappa shape index (κ1) is 14.8. The number of fused-ring (bicyclic) bond motifs is 1. The zero-order valence-corrected chi connectivity index (χ0v) is 13.7. The SMILES string of the molecule is Cc1ccc(-c2noc(C3=CC=CN4CCS(=O)(=O)N=C34)n2)cc1. The maximum Gasteiger partial charge on any atom is 0.262 e. The quantitative estimate of drug-likeness (QED) is 0.829. The van der Waals surface area contributed by atoms with Gasteiger partial charge in [0.2, 0.25) is 5.82 Å². The van der Waals surface area contributed by atoms with Crippen molar-refractivity contribution in [3.8, 4) is 11.4 Å². The zero-order chi connectivity index (χ0) is 16.7. The molecule has 2 aromatic rings. The van der Waals surface area contributed by atoms with Crippen LogP contribution in [-0.2, 0) is 10.0 Å². The van der Waals surface area contributed by atoms with Gasteiger partial charge in [-0.15, -0.1) is 4.40 Å². The predicted molar refractivity (Wildman–Crippen MR) is 89.5 cm³/mol. The van der Waals surface area contributed by atoms with E-state index in [1.165, 1.54) is 0 Å². The highest BCUT2D eigenvalue weighted by Gasteiger charge is 2.30. The molecule has 0 amide bonds. The summed E-state index contributed by atoms with van der Waals surface area (Å²) in [6.45, 7) is 2.36. The molecule has 0 saturated carbocycles. The Balaban J connectivity index is 1.74. The van der Waals surface area contributed by atoms with Gasteiger partial charge < -0.3 is 9.42 Å². The van der Waals surface area contributed by atoms with E-state index in [1.54, 1.807) is 17.2 Å². The average molecular weight is 342 g/mol. The molecule has 0 radical (unpaired) electrons. The van der Waals surface area contributed by atoms with Gasteiger partial charge in [-0.25, -0.2) is 8.42 Å². The second kappa shape index (κ2) is 5.41. The lowest BCUT2D eigenvalue weighted by Crippen LogP contribution is -2.37. The van der Waals surface area contributed by atoms with Crippen molar-refractivity contribution in [3.63, 3.8) is 0 Å². The van der Waals surface area contributed by atoms with Gasteiger partial charge in [0.25, 0.3) is 15.9 Å². The Kier molecular flexibility index (Phi) is 3.34. The van der Waals surface area contributed by atoms with Gasteiger partial charge in [-0.1, -0.05) is 35.0 Å². The molecule has 3 heterocycles. The van der Waals surface area contributed by atoms with Gasteiger partial charge in [-0.05, 0) is 19.1 Å². The molecule has 4 rings (SSSR count). The number of aromatic nitrogens is 2. The molecule has 122 valence electrons. The summed E-state index contributed by atoms with van der Waals surface area (Å²) in [6, 6.07) is 7.75. The van der Waals surface area contributed by atoms with Crippen LogP contribution in [0, 0.1) is 6.92 Å². The first-order valence-electron chi connectivity index (χ1n) is 7.41. The van der Waals surface area contributed by atoms with Crippen molar-refractivity contribution in [2.24, 2.45) is 4.40 Å². The van der Waals surface area contributed by atoms with Crippen molar-refractivity contribution in [3.05, 3.63) is 54.1 Å². The Morgan fingerprint density at radius 1 is 1.21 bits per heavy atom. The molecule has 24 heavy (non-hydrogen) atoms. The molecule has 0 fully saturated rings. The fourth-order valence-electron chi connectivity index (χ4n) is 2.54. The molecule has 1 aromatic carbocycles. The molecule has 0 atom stereocenters. The molecule has 2 aliphatic rings. The van der Waals surface area contributed by atoms with Gasteiger partial charge in [0.1, 0.15) is 0 Å². The summed E-state index contributed by atoms with van der Waals surface area (Å²) in [5.41, 5.74) is 2.48. The number of allylic oxidation sites excluding steroid dienone is 2. The summed E-state index contributed by atoms with van der Waals surface area (Å²) in [6.07, 6.45) is 5.32. The highest BCUT2D eigenvalue weighted by atomic mass is 32.2. The van der Waals surface area contributed by atoms with E-state index in [9.17, 15) is 8.42 Å². The Labute approximate surface area is 139 Å². The fourth-order valence-corrected chi connectivity index (χ4v) is 3.52. The van der Waals surface area contributed by atoms with Crippen molar-refractivity contribution < 1.29 is 12.9 Å². The number of sulfonamides is 1. The van der Waals surface area contributed by atoms with E-state index >= 15 is 0 Å². The molecule has 0 unspecified atom stereocenters. The third-order valence-electron chi connectivity index (χ3n) is 3.82. The van der Waals surface area contributed by atoms with Gasteiger partial charge >= 0.3 is 0 Å². The molecule has 0 N–H and O–H groups in total. The number of amidine groups is 1. The maximum absolute atomic E-state index is 11.8. The average Bonchev–Trinajstić information content (AvgIpc) is 3.04. The van der Waals surface area contributed by atoms with Gasteiger partial charge in [0, 0.05) is 18.3 Å². The minimum Gasteiger partial charge on any atom is -0.333 e. The number of hydrogen-bond donors (Lipinski definition) is 0. The monoisotopic (exact) mass is 342 g/mol. The number of aryl methyl sites for hydroxylation is 1. The third kappa shape index (κ3) is 2.65. The van der Waals surface area contributed by atoms with Crippen molar-refractivity contribution in [1.29, 1.82) is 0 Å². The second-order valence-electron chi connectivity index (χ2n) is 5.61. The summed E-state index contributed by atoms with van der Waals surface area (Å²) < 4.78 is 32.8. The van der Waals surface area contributed by atoms with Crippen LogP contribution in [-0.4, -0.2) is 41.6 Å². The van der Waals surface area contributed by atoms with E-state index in [0.717, 1.165) is 11.1 Å². The van der Waals surface area contributed by atoms with E-state index in [1.807, 2.05) is 37.3 Å². The number of hydrogen-bond acceptors (Lipinski definition) is 6. The summed E-state index contributed by atoms with van der Waals surface area (Å²) in [7, 11) is -3.46. The lowest BCUT2D eigenvalue weighted by Gasteiger charge is -2.27. The van der Waals surface area contributed by atoms with Crippen LogP contribution < -0.4 is 0 Å². The lowest BCUT2D eigenvalue weighted by molar-refractivity contribution is 0.408. The van der Waals surface area contributed by atoms with Crippen LogP contribution in [0.15, 0.2) is 51.5 Å². The van der Waals surface area contributed by atoms with E-state index in [0.29, 0.717) is 23.8 Å². The lowest BCUT2D eigenvalue weighted by atomic mass is 10.1. The van der Waals surface area contributed by atoms with Crippen LogP contribution in [0.5, 0.6) is 0 Å². The van der Waals surface area contributed by atoms with E-state index in [2.05, 4.69) is 14.5 Å². The van der Waals surface area contributed by atoms with Crippen molar-refractivity contribution in [2.45, 2.75) is 6.92 Å². The maximum atomic E-state index is 11.8. The highest BCUT2D eigenvalue weighted by Crippen LogP contribution is 2.26. The summed E-state index contributed by atoms with van der Waals surface area (Å²) in [4.78, 5) is 6.16. The molecule has 8 heteroatoms. The largest absolute Gasteiger partial charge is 0.333 e. The van der Waals surface area contributed by atoms with E-state index < -0.39 is 10.0 Å². The smallest absolute Gasteiger partial charge is 0.262 e. The van der Waals surface area contributed by atoms with E-state index in [4.69, 9.17) is 4.52 Å². The standard InChI is InChI=1S/C16H14N4O3S/c1-11-4-6-12(7-5-11)14-17-16(23-18-14)13-3-2-8-20-9-10-24(21,22)19-15(13)20/h2-8H,9-10H2,1H3. The second-order valence-corrected chi connectivity index (χ2v) is 7.36. The Morgan fingerprint density at radius 3 is 2.79 bits per heavy atom. The minimum atomic E-state index is -3.46. The topological polar surface area (TPSA) is 88.7 Å². The molecular formula is C16H14N4O3S. The van der Waals surface area contributed by atoms with Crippen LogP contribution in [0.1, 0.15) is 11.5 Å². The Morgan fingerprint density at radius 2 is 2.00 bits per heavy atom. The van der Waals surface area contributed by atoms with Crippen LogP contribution in [0.4, 0.5) is 0 Å². The minimum absolute atomic E-state index is 0.00737. The highest BCUT2D eigenvalue weighted by molar-refractivity contribution is 7.90. The number of benzene rings is 1. The summed E-state index contributed by atoms with van der Waals surface area (Å²) in [5.74, 6) is 1.01. The molecule has 0 aliphatic carbocycles. The zero-order valence-electron chi connectivity index (χ0n) is 12.9. The van der Waals surface area contributed by atoms with Crippen LogP contribution in [0.3, 0.4) is 0 Å². The molecule has 2 aliphatic heterocycles. The van der Waals surface area contributed by atoms with Crippen LogP contribution >= 0.6 is 0 Å². The van der Waals surface area contributed by atoms with Gasteiger partial charge in [0.05, 0.1) is 11.3 Å². The molecular weight excluding hydrogens is 328 g/mol. The first-order valence-corrected chi connectivity index (χ1v) is 9.02. The molecule has 7 nitrogen and oxygen atoms in total. The van der Waals surface area contributed by atoms with Crippen LogP contribution in [0.2, 0.25) is 0 Å².